The number of aliphatic carboxylic acids is 1. The number of hydrogen-bond acceptors (Lipinski definition) is 7. The van der Waals surface area contributed by atoms with Crippen molar-refractivity contribution in [3.8, 4) is 11.1 Å². The maximum Gasteiger partial charge on any atom is 0.326 e. The number of carbonyl (C=O) groups is 6. The van der Waals surface area contributed by atoms with Crippen molar-refractivity contribution in [3.63, 3.8) is 0 Å². The highest BCUT2D eigenvalue weighted by Gasteiger charge is 2.36. The topological polar surface area (TPSA) is 174 Å². The molecule has 1 aromatic heterocycles. The van der Waals surface area contributed by atoms with Gasteiger partial charge in [-0.05, 0) is 51.4 Å². The molecule has 4 atom stereocenters. The van der Waals surface area contributed by atoms with E-state index in [0.717, 1.165) is 27.1 Å². The largest absolute Gasteiger partial charge is 0.480 e. The summed E-state index contributed by atoms with van der Waals surface area (Å²) in [4.78, 5) is 83.9. The predicted octanol–water partition coefficient (Wildman–Crippen LogP) is 4.78. The van der Waals surface area contributed by atoms with Crippen molar-refractivity contribution in [1.29, 1.82) is 0 Å². The van der Waals surface area contributed by atoms with Gasteiger partial charge in [-0.25, -0.2) is 4.79 Å². The molecule has 58 heavy (non-hydrogen) atoms. The third-order valence-corrected chi connectivity index (χ3v) is 10.9. The first-order valence-electron chi connectivity index (χ1n) is 19.0. The number of likely N-dealkylation sites (N-methyl/N-ethyl adjacent to an activating group) is 1. The summed E-state index contributed by atoms with van der Waals surface area (Å²) in [6, 6.07) is 31.8. The Kier molecular flexibility index (Phi) is 13.8. The van der Waals surface area contributed by atoms with E-state index in [1.807, 2.05) is 90.3 Å². The summed E-state index contributed by atoms with van der Waals surface area (Å²) in [7, 11) is 1.46. The third-order valence-electron chi connectivity index (χ3n) is 10.0. The molecule has 0 fully saturated rings. The van der Waals surface area contributed by atoms with Crippen molar-refractivity contribution in [2.24, 2.45) is 0 Å². The second kappa shape index (κ2) is 19.5. The smallest absolute Gasteiger partial charge is 0.326 e. The van der Waals surface area contributed by atoms with E-state index < -0.39 is 59.7 Å². The number of hydrogen-bond donors (Lipinski definition) is 5. The fraction of sp³-hybridized carbons (Fsp3) is 0.244. The van der Waals surface area contributed by atoms with Gasteiger partial charge in [-0.3, -0.25) is 24.0 Å². The minimum atomic E-state index is -1.35. The van der Waals surface area contributed by atoms with E-state index in [2.05, 4.69) is 21.3 Å². The molecular formula is C45H45N5O7S. The van der Waals surface area contributed by atoms with Gasteiger partial charge in [-0.2, -0.15) is 0 Å². The monoisotopic (exact) mass is 799 g/mol. The van der Waals surface area contributed by atoms with Crippen LogP contribution in [0.5, 0.6) is 0 Å². The highest BCUT2D eigenvalue weighted by molar-refractivity contribution is 7.09. The van der Waals surface area contributed by atoms with Gasteiger partial charge < -0.3 is 31.3 Å². The van der Waals surface area contributed by atoms with Gasteiger partial charge in [-0.1, -0.05) is 103 Å². The van der Waals surface area contributed by atoms with Crippen LogP contribution >= 0.6 is 11.3 Å². The highest BCUT2D eigenvalue weighted by Crippen LogP contribution is 2.21. The average molecular weight is 800 g/mol. The van der Waals surface area contributed by atoms with Crippen LogP contribution in [0, 0.1) is 0 Å². The Bertz CT molecular complexity index is 2200. The molecule has 5 amide bonds. The minimum absolute atomic E-state index is 0.0388. The maximum absolute atomic E-state index is 14.7. The van der Waals surface area contributed by atoms with E-state index in [9.17, 15) is 33.9 Å². The van der Waals surface area contributed by atoms with Gasteiger partial charge in [0.05, 0.1) is 0 Å². The van der Waals surface area contributed by atoms with Crippen molar-refractivity contribution in [2.45, 2.75) is 62.7 Å². The number of thiophene rings is 1. The number of fused-ring (bicyclic) bond motifs is 18. The van der Waals surface area contributed by atoms with Crippen LogP contribution in [-0.4, -0.2) is 76.7 Å². The zero-order valence-electron chi connectivity index (χ0n) is 31.9. The lowest BCUT2D eigenvalue weighted by Gasteiger charge is -2.32. The van der Waals surface area contributed by atoms with Crippen LogP contribution < -0.4 is 21.3 Å². The van der Waals surface area contributed by atoms with E-state index in [0.29, 0.717) is 11.3 Å². The number of carboxylic acids is 1. The Morgan fingerprint density at radius 3 is 1.95 bits per heavy atom. The lowest BCUT2D eigenvalue weighted by molar-refractivity contribution is -0.145. The van der Waals surface area contributed by atoms with E-state index in [1.54, 1.807) is 36.4 Å². The first kappa shape index (κ1) is 41.0. The van der Waals surface area contributed by atoms with E-state index in [-0.39, 0.29) is 38.5 Å². The van der Waals surface area contributed by atoms with Crippen molar-refractivity contribution < 1.29 is 33.9 Å². The molecule has 0 aliphatic carbocycles. The van der Waals surface area contributed by atoms with Crippen LogP contribution in [0.3, 0.4) is 0 Å². The van der Waals surface area contributed by atoms with Gasteiger partial charge in [0.2, 0.25) is 29.5 Å². The van der Waals surface area contributed by atoms with Crippen LogP contribution in [0.15, 0.2) is 127 Å². The molecule has 0 unspecified atom stereocenters. The molecule has 7 rings (SSSR count). The predicted molar refractivity (Wildman–Crippen MR) is 222 cm³/mol. The normalized spacial score (nSPS) is 19.9. The minimum Gasteiger partial charge on any atom is -0.480 e. The Hall–Kier alpha value is -6.60. The molecule has 298 valence electrons. The molecule has 12 nitrogen and oxygen atoms in total. The molecular weight excluding hydrogens is 755 g/mol. The number of carbonyl (C=O) groups excluding carboxylic acids is 5. The molecule has 0 saturated heterocycles. The number of rotatable bonds is 8. The molecule has 0 saturated carbocycles. The third kappa shape index (κ3) is 11.3. The Morgan fingerprint density at radius 2 is 1.29 bits per heavy atom. The first-order chi connectivity index (χ1) is 28.0. The number of carboxylic acid groups (broad SMARTS) is 1. The van der Waals surface area contributed by atoms with E-state index in [4.69, 9.17) is 0 Å². The summed E-state index contributed by atoms with van der Waals surface area (Å²) < 4.78 is 0. The van der Waals surface area contributed by atoms with Gasteiger partial charge in [0.15, 0.2) is 0 Å². The zero-order chi connectivity index (χ0) is 41.0. The van der Waals surface area contributed by atoms with Crippen molar-refractivity contribution in [3.05, 3.63) is 148 Å². The molecule has 2 aliphatic heterocycles. The fourth-order valence-corrected chi connectivity index (χ4v) is 7.55. The average Bonchev–Trinajstić information content (AvgIpc) is 3.75. The number of amides is 5. The lowest BCUT2D eigenvalue weighted by atomic mass is 9.98. The lowest BCUT2D eigenvalue weighted by Crippen LogP contribution is -2.59. The van der Waals surface area contributed by atoms with E-state index in [1.165, 1.54) is 23.3 Å². The molecule has 4 aromatic carbocycles. The van der Waals surface area contributed by atoms with Crippen molar-refractivity contribution in [1.82, 2.24) is 20.9 Å². The molecule has 0 spiro atoms. The van der Waals surface area contributed by atoms with Crippen LogP contribution in [0.4, 0.5) is 5.69 Å². The zero-order valence-corrected chi connectivity index (χ0v) is 32.7. The molecule has 2 bridgehead atoms. The number of nitrogens with zero attached hydrogens (tertiary/aromatic N) is 1. The molecule has 3 heterocycles. The van der Waals surface area contributed by atoms with Gasteiger partial charge in [0.25, 0.3) is 0 Å². The van der Waals surface area contributed by atoms with Gasteiger partial charge in [-0.15, -0.1) is 11.3 Å². The standard InChI is InChI=1S/C45H45N5O7S/c1-50-39(27-29-9-4-2-5-10-29)43(54)49-38(45(56)57)26-31-16-20-34(21-17-31)46-40(51)22-23-41(52)47-36(28-35-13-8-24-58-35)42(53)48-37(44(50)55)25-30-14-18-33(19-15-30)32-11-6-3-7-12-32/h2-21,24,36-39H,22-23,25-28H2,1H3,(H,46,51)(H,47,52)(H,48,53)(H,49,54)(H,56,57)/t36-,37+,38-,39-/m1/s1. The summed E-state index contributed by atoms with van der Waals surface area (Å²) in [6.07, 6.45) is -0.218. The molecule has 0 radical (unpaired) electrons. The molecule has 2 aliphatic rings. The second-order valence-electron chi connectivity index (χ2n) is 14.2. The molecule has 5 N–H and O–H groups in total. The van der Waals surface area contributed by atoms with Gasteiger partial charge >= 0.3 is 5.97 Å². The van der Waals surface area contributed by atoms with Crippen molar-refractivity contribution >= 4 is 52.5 Å². The van der Waals surface area contributed by atoms with Crippen LogP contribution in [0.2, 0.25) is 0 Å². The first-order valence-corrected chi connectivity index (χ1v) is 19.9. The van der Waals surface area contributed by atoms with Crippen molar-refractivity contribution in [2.75, 3.05) is 12.4 Å². The van der Waals surface area contributed by atoms with Crippen LogP contribution in [-0.2, 0) is 54.5 Å². The van der Waals surface area contributed by atoms with Crippen LogP contribution in [0.25, 0.3) is 11.1 Å². The maximum atomic E-state index is 14.7. The Labute approximate surface area is 340 Å². The second-order valence-corrected chi connectivity index (χ2v) is 15.3. The van der Waals surface area contributed by atoms with E-state index >= 15 is 0 Å². The summed E-state index contributed by atoms with van der Waals surface area (Å²) in [5.41, 5.74) is 4.44. The molecule has 5 aromatic rings. The summed E-state index contributed by atoms with van der Waals surface area (Å²) >= 11 is 1.41. The van der Waals surface area contributed by atoms with Crippen LogP contribution in [0.1, 0.15) is 34.4 Å². The number of anilines is 1. The van der Waals surface area contributed by atoms with Gasteiger partial charge in [0.1, 0.15) is 24.2 Å². The van der Waals surface area contributed by atoms with Gasteiger partial charge in [0, 0.05) is 56.1 Å². The summed E-state index contributed by atoms with van der Waals surface area (Å²) in [5, 5.41) is 23.1. The molecule has 13 heteroatoms. The Balaban J connectivity index is 1.37. The summed E-state index contributed by atoms with van der Waals surface area (Å²) in [5.74, 6) is -4.14. The highest BCUT2D eigenvalue weighted by atomic mass is 32.1. The quantitative estimate of drug-likeness (QED) is 0.141. The summed E-state index contributed by atoms with van der Waals surface area (Å²) in [6.45, 7) is 0. The Morgan fingerprint density at radius 1 is 0.655 bits per heavy atom. The number of benzene rings is 4. The SMILES string of the molecule is CN1C(=O)[C@H](Cc2ccc(-c3ccccc3)cc2)NC(=O)[C@@H](Cc2cccs2)NC(=O)CCC(=O)Nc2ccc(cc2)C[C@H](C(=O)O)NC(=O)[C@H]1Cc1ccccc1. The fourth-order valence-electron chi connectivity index (χ4n) is 6.80. The number of nitrogens with one attached hydrogen (secondary N) is 4.